The molecule has 0 radical (unpaired) electrons. The van der Waals surface area contributed by atoms with Gasteiger partial charge in [-0.2, -0.15) is 5.21 Å². The van der Waals surface area contributed by atoms with Crippen molar-refractivity contribution < 1.29 is 18.0 Å². The van der Waals surface area contributed by atoms with E-state index in [0.717, 1.165) is 42.4 Å². The molecule has 224 valence electrons. The predicted octanol–water partition coefficient (Wildman–Crippen LogP) is 3.70. The zero-order valence-electron chi connectivity index (χ0n) is 23.6. The normalized spacial score (nSPS) is 17.7. The highest BCUT2D eigenvalue weighted by molar-refractivity contribution is 7.89. The summed E-state index contributed by atoms with van der Waals surface area (Å²) in [5.41, 5.74) is 9.49. The zero-order valence-corrected chi connectivity index (χ0v) is 24.5. The van der Waals surface area contributed by atoms with Gasteiger partial charge >= 0.3 is 0 Å². The fourth-order valence-electron chi connectivity index (χ4n) is 5.63. The summed E-state index contributed by atoms with van der Waals surface area (Å²) in [6, 6.07) is 21.1. The van der Waals surface area contributed by atoms with E-state index < -0.39 is 15.9 Å². The number of aromatic amines is 1. The molecule has 1 aromatic heterocycles. The van der Waals surface area contributed by atoms with Gasteiger partial charge in [0.2, 0.25) is 21.8 Å². The second-order valence-corrected chi connectivity index (χ2v) is 12.7. The Kier molecular flexibility index (Phi) is 9.39. The standard InChI is InChI=1S/C31H35N7O4S/c32-19-20-7-9-22(10-8-20)29(39)18-26(31(40)34-27-13-11-23(12-14-27)30-35-37-38-36-30)16-21-3-1-4-24(15-21)25-5-2-6-28(17-25)43(33,41)42/h1-6,11-15,17,20,22,26H,7-10,16,18-19,32H2,(H,34,40)(H2,33,41,42)(H,35,36,37,38)/t20?,22?,26-/m1/s1. The van der Waals surface area contributed by atoms with Crippen molar-refractivity contribution in [2.45, 2.75) is 43.4 Å². The Morgan fingerprint density at radius 3 is 2.28 bits per heavy atom. The van der Waals surface area contributed by atoms with Crippen LogP contribution in [0.2, 0.25) is 0 Å². The number of primary sulfonamides is 1. The van der Waals surface area contributed by atoms with Gasteiger partial charge in [0.05, 0.1) is 4.90 Å². The van der Waals surface area contributed by atoms with E-state index in [-0.39, 0.29) is 28.9 Å². The Morgan fingerprint density at radius 1 is 0.930 bits per heavy atom. The molecule has 0 aliphatic heterocycles. The maximum atomic E-state index is 13.7. The Hall–Kier alpha value is -4.26. The first-order valence-electron chi connectivity index (χ1n) is 14.3. The second-order valence-electron chi connectivity index (χ2n) is 11.1. The van der Waals surface area contributed by atoms with Crippen LogP contribution in [0.5, 0.6) is 0 Å². The molecule has 3 aromatic carbocycles. The van der Waals surface area contributed by atoms with Crippen molar-refractivity contribution >= 4 is 27.4 Å². The zero-order chi connectivity index (χ0) is 30.4. The molecule has 11 nitrogen and oxygen atoms in total. The highest BCUT2D eigenvalue weighted by Crippen LogP contribution is 2.31. The van der Waals surface area contributed by atoms with Gasteiger partial charge in [-0.1, -0.05) is 36.4 Å². The van der Waals surface area contributed by atoms with E-state index in [4.69, 9.17) is 10.9 Å². The smallest absolute Gasteiger partial charge is 0.238 e. The second kappa shape index (κ2) is 13.4. The van der Waals surface area contributed by atoms with Gasteiger partial charge < -0.3 is 11.1 Å². The van der Waals surface area contributed by atoms with E-state index in [1.807, 2.05) is 24.3 Å². The number of rotatable bonds is 11. The number of benzene rings is 3. The third-order valence-electron chi connectivity index (χ3n) is 8.11. The van der Waals surface area contributed by atoms with Crippen LogP contribution in [0.1, 0.15) is 37.7 Å². The SMILES string of the molecule is NCC1CCC(C(=O)C[C@@H](Cc2cccc(-c3cccc(S(N)(=O)=O)c3)c2)C(=O)Nc2ccc(-c3nn[nH]n3)cc2)CC1. The lowest BCUT2D eigenvalue weighted by Gasteiger charge is -2.27. The molecule has 1 aliphatic rings. The summed E-state index contributed by atoms with van der Waals surface area (Å²) in [6.45, 7) is 0.633. The largest absolute Gasteiger partial charge is 0.330 e. The number of tetrazole rings is 1. The highest BCUT2D eigenvalue weighted by atomic mass is 32.2. The Morgan fingerprint density at radius 2 is 1.63 bits per heavy atom. The van der Waals surface area contributed by atoms with E-state index >= 15 is 0 Å². The molecular weight excluding hydrogens is 566 g/mol. The number of carbonyl (C=O) groups excluding carboxylic acids is 2. The minimum absolute atomic E-state index is 0.0213. The molecule has 1 aliphatic carbocycles. The monoisotopic (exact) mass is 601 g/mol. The maximum Gasteiger partial charge on any atom is 0.238 e. The summed E-state index contributed by atoms with van der Waals surface area (Å²) in [5, 5.41) is 22.2. The third-order valence-corrected chi connectivity index (χ3v) is 9.03. The van der Waals surface area contributed by atoms with Crippen LogP contribution in [0.15, 0.2) is 77.7 Å². The highest BCUT2D eigenvalue weighted by Gasteiger charge is 2.30. The van der Waals surface area contributed by atoms with Crippen molar-refractivity contribution in [1.29, 1.82) is 0 Å². The number of aromatic nitrogens is 4. The van der Waals surface area contributed by atoms with Gasteiger partial charge in [0.1, 0.15) is 5.78 Å². The average Bonchev–Trinajstić information content (AvgIpc) is 3.56. The summed E-state index contributed by atoms with van der Waals surface area (Å²) in [4.78, 5) is 27.1. The molecule has 0 spiro atoms. The van der Waals surface area contributed by atoms with Crippen molar-refractivity contribution in [3.05, 3.63) is 78.4 Å². The molecule has 4 aromatic rings. The number of nitrogens with zero attached hydrogens (tertiary/aromatic N) is 3. The molecule has 0 unspecified atom stereocenters. The first-order valence-corrected chi connectivity index (χ1v) is 15.8. The topological polar surface area (TPSA) is 187 Å². The van der Waals surface area contributed by atoms with Gasteiger partial charge in [0.15, 0.2) is 0 Å². The van der Waals surface area contributed by atoms with Crippen LogP contribution in [-0.2, 0) is 26.0 Å². The molecule has 1 atom stereocenters. The summed E-state index contributed by atoms with van der Waals surface area (Å²) in [5.74, 6) is 0.0644. The Labute approximate surface area is 250 Å². The number of Topliss-reactive ketones (excluding diaryl/α,β-unsaturated/α-hetero) is 1. The minimum Gasteiger partial charge on any atom is -0.330 e. The number of carbonyl (C=O) groups is 2. The lowest BCUT2D eigenvalue weighted by atomic mass is 9.77. The minimum atomic E-state index is -3.86. The van der Waals surface area contributed by atoms with E-state index in [1.165, 1.54) is 12.1 Å². The summed E-state index contributed by atoms with van der Waals surface area (Å²) in [7, 11) is -3.86. The van der Waals surface area contributed by atoms with E-state index in [2.05, 4.69) is 25.9 Å². The Bertz CT molecular complexity index is 1670. The number of hydrogen-bond acceptors (Lipinski definition) is 8. The molecule has 6 N–H and O–H groups in total. The first kappa shape index (κ1) is 30.2. The lowest BCUT2D eigenvalue weighted by molar-refractivity contribution is -0.129. The fourth-order valence-corrected chi connectivity index (χ4v) is 6.19. The summed E-state index contributed by atoms with van der Waals surface area (Å²) in [6.07, 6.45) is 3.90. The van der Waals surface area contributed by atoms with Crippen LogP contribution >= 0.6 is 0 Å². The fraction of sp³-hybridized carbons (Fsp3) is 0.323. The van der Waals surface area contributed by atoms with Gasteiger partial charge in [-0.05, 0) is 103 Å². The molecule has 1 amide bonds. The van der Waals surface area contributed by atoms with E-state index in [9.17, 15) is 18.0 Å². The van der Waals surface area contributed by atoms with Gasteiger partial charge in [-0.3, -0.25) is 9.59 Å². The quantitative estimate of drug-likeness (QED) is 0.200. The molecule has 0 bridgehead atoms. The number of sulfonamides is 1. The van der Waals surface area contributed by atoms with Crippen molar-refractivity contribution in [3.63, 3.8) is 0 Å². The predicted molar refractivity (Wildman–Crippen MR) is 163 cm³/mol. The van der Waals surface area contributed by atoms with Crippen molar-refractivity contribution in [2.24, 2.45) is 28.6 Å². The molecule has 43 heavy (non-hydrogen) atoms. The molecule has 1 fully saturated rings. The van der Waals surface area contributed by atoms with Crippen LogP contribution in [0.25, 0.3) is 22.5 Å². The number of anilines is 1. The lowest BCUT2D eigenvalue weighted by Crippen LogP contribution is -2.31. The maximum absolute atomic E-state index is 13.7. The van der Waals surface area contributed by atoms with E-state index in [0.29, 0.717) is 36.0 Å². The van der Waals surface area contributed by atoms with Crippen molar-refractivity contribution in [2.75, 3.05) is 11.9 Å². The first-order chi connectivity index (χ1) is 20.7. The van der Waals surface area contributed by atoms with Crippen molar-refractivity contribution in [1.82, 2.24) is 20.6 Å². The van der Waals surface area contributed by atoms with Crippen LogP contribution < -0.4 is 16.2 Å². The number of H-pyrrole nitrogens is 1. The Balaban J connectivity index is 1.36. The molecule has 1 saturated carbocycles. The van der Waals surface area contributed by atoms with E-state index in [1.54, 1.807) is 36.4 Å². The number of amides is 1. The van der Waals surface area contributed by atoms with Crippen molar-refractivity contribution in [3.8, 4) is 22.5 Å². The van der Waals surface area contributed by atoms with Crippen LogP contribution in [-0.4, -0.2) is 47.3 Å². The van der Waals surface area contributed by atoms with Gasteiger partial charge in [0.25, 0.3) is 0 Å². The average molecular weight is 602 g/mol. The number of nitrogens with two attached hydrogens (primary N) is 2. The summed E-state index contributed by atoms with van der Waals surface area (Å²) >= 11 is 0. The third kappa shape index (κ3) is 7.78. The van der Waals surface area contributed by atoms with Crippen LogP contribution in [0.4, 0.5) is 5.69 Å². The summed E-state index contributed by atoms with van der Waals surface area (Å²) < 4.78 is 23.8. The van der Waals surface area contributed by atoms with Crippen LogP contribution in [0.3, 0.4) is 0 Å². The molecule has 0 saturated heterocycles. The van der Waals surface area contributed by atoms with Gasteiger partial charge in [-0.15, -0.1) is 10.2 Å². The molecule has 12 heteroatoms. The van der Waals surface area contributed by atoms with Gasteiger partial charge in [0, 0.05) is 29.5 Å². The number of nitrogens with one attached hydrogen (secondary N) is 2. The van der Waals surface area contributed by atoms with Crippen LogP contribution in [0, 0.1) is 17.8 Å². The molecule has 5 rings (SSSR count). The molecule has 1 heterocycles. The number of hydrogen-bond donors (Lipinski definition) is 4. The number of ketones is 1. The van der Waals surface area contributed by atoms with Gasteiger partial charge in [-0.25, -0.2) is 13.6 Å². The molecular formula is C31H35N7O4S.